The van der Waals surface area contributed by atoms with Crippen LogP contribution in [0, 0.1) is 29.6 Å². The monoisotopic (exact) mass is 270 g/mol. The summed E-state index contributed by atoms with van der Waals surface area (Å²) in [7, 11) is 0. The minimum absolute atomic E-state index is 0.0719. The molecule has 4 fully saturated rings. The molecule has 106 valence electrons. The van der Waals surface area contributed by atoms with E-state index in [0.717, 1.165) is 17.4 Å². The Bertz CT molecular complexity index is 465. The summed E-state index contributed by atoms with van der Waals surface area (Å²) in [6.07, 6.45) is 6.53. The van der Waals surface area contributed by atoms with Gasteiger partial charge < -0.3 is 4.74 Å². The van der Waals surface area contributed by atoms with Crippen molar-refractivity contribution in [1.82, 2.24) is 0 Å². The summed E-state index contributed by atoms with van der Waals surface area (Å²) in [6.45, 7) is 0.433. The Morgan fingerprint density at radius 3 is 2.15 bits per heavy atom. The van der Waals surface area contributed by atoms with E-state index in [-0.39, 0.29) is 11.9 Å². The normalized spacial score (nSPS) is 37.9. The van der Waals surface area contributed by atoms with Crippen molar-refractivity contribution in [2.45, 2.75) is 38.7 Å². The van der Waals surface area contributed by atoms with Crippen molar-refractivity contribution in [3.8, 4) is 0 Å². The zero-order chi connectivity index (χ0) is 13.5. The summed E-state index contributed by atoms with van der Waals surface area (Å²) >= 11 is 0. The quantitative estimate of drug-likeness (QED) is 0.781. The third-order valence-electron chi connectivity index (χ3n) is 5.72. The van der Waals surface area contributed by atoms with Gasteiger partial charge in [0.25, 0.3) is 0 Å². The number of rotatable bonds is 3. The van der Waals surface area contributed by atoms with Gasteiger partial charge in [0, 0.05) is 0 Å². The molecule has 0 radical (unpaired) electrons. The Kier molecular flexibility index (Phi) is 3.05. The van der Waals surface area contributed by atoms with Crippen LogP contribution in [0.5, 0.6) is 0 Å². The minimum atomic E-state index is 0.0719. The number of carbonyl (C=O) groups is 1. The lowest BCUT2D eigenvalue weighted by molar-refractivity contribution is -0.163. The summed E-state index contributed by atoms with van der Waals surface area (Å²) in [4.78, 5) is 12.5. The average Bonchev–Trinajstić information content (AvgIpc) is 2.45. The van der Waals surface area contributed by atoms with E-state index in [9.17, 15) is 4.79 Å². The third-order valence-corrected chi connectivity index (χ3v) is 5.72. The zero-order valence-corrected chi connectivity index (χ0v) is 11.8. The Balaban J connectivity index is 1.41. The topological polar surface area (TPSA) is 26.3 Å². The van der Waals surface area contributed by atoms with Gasteiger partial charge in [0.05, 0.1) is 5.92 Å². The smallest absolute Gasteiger partial charge is 0.309 e. The molecule has 1 aromatic rings. The molecule has 4 aliphatic rings. The van der Waals surface area contributed by atoms with Crippen LogP contribution >= 0.6 is 0 Å². The Morgan fingerprint density at radius 1 is 0.950 bits per heavy atom. The molecule has 0 aromatic heterocycles. The number of esters is 1. The molecule has 0 amide bonds. The van der Waals surface area contributed by atoms with Gasteiger partial charge in [-0.2, -0.15) is 0 Å². The second-order valence-corrected chi connectivity index (χ2v) is 7.05. The number of hydrogen-bond donors (Lipinski definition) is 0. The molecule has 0 N–H and O–H groups in total. The van der Waals surface area contributed by atoms with Crippen molar-refractivity contribution in [2.24, 2.45) is 29.6 Å². The maximum Gasteiger partial charge on any atom is 0.309 e. The van der Waals surface area contributed by atoms with Crippen LogP contribution in [0.4, 0.5) is 0 Å². The molecule has 0 spiro atoms. The van der Waals surface area contributed by atoms with Gasteiger partial charge in [-0.05, 0) is 61.3 Å². The fourth-order valence-corrected chi connectivity index (χ4v) is 5.13. The first-order valence-corrected chi connectivity index (χ1v) is 8.00. The van der Waals surface area contributed by atoms with E-state index in [1.165, 1.54) is 32.1 Å². The van der Waals surface area contributed by atoms with E-state index in [0.29, 0.717) is 18.4 Å². The Labute approximate surface area is 120 Å². The zero-order valence-electron chi connectivity index (χ0n) is 11.8. The van der Waals surface area contributed by atoms with E-state index in [1.54, 1.807) is 0 Å². The summed E-state index contributed by atoms with van der Waals surface area (Å²) in [5, 5.41) is 0. The first kappa shape index (κ1) is 12.4. The summed E-state index contributed by atoms with van der Waals surface area (Å²) in [5.74, 6) is 3.34. The van der Waals surface area contributed by atoms with Crippen LogP contribution < -0.4 is 0 Å². The van der Waals surface area contributed by atoms with Crippen LogP contribution in [0.2, 0.25) is 0 Å². The van der Waals surface area contributed by atoms with Gasteiger partial charge >= 0.3 is 5.97 Å². The minimum Gasteiger partial charge on any atom is -0.461 e. The molecule has 5 rings (SSSR count). The lowest BCUT2D eigenvalue weighted by Crippen LogP contribution is -2.48. The van der Waals surface area contributed by atoms with Crippen molar-refractivity contribution >= 4 is 5.97 Å². The van der Waals surface area contributed by atoms with Crippen molar-refractivity contribution in [3.05, 3.63) is 35.9 Å². The molecule has 2 heteroatoms. The van der Waals surface area contributed by atoms with E-state index in [1.807, 2.05) is 30.3 Å². The molecule has 0 heterocycles. The van der Waals surface area contributed by atoms with Crippen molar-refractivity contribution in [1.29, 1.82) is 0 Å². The second kappa shape index (κ2) is 4.91. The molecule has 0 saturated heterocycles. The first-order valence-electron chi connectivity index (χ1n) is 8.00. The Morgan fingerprint density at radius 2 is 1.55 bits per heavy atom. The van der Waals surface area contributed by atoms with Gasteiger partial charge in [0.1, 0.15) is 6.61 Å². The van der Waals surface area contributed by atoms with Gasteiger partial charge in [-0.15, -0.1) is 0 Å². The number of hydrogen-bond acceptors (Lipinski definition) is 2. The standard InChI is InChI=1S/C18H22O2/c19-18(20-11-12-4-2-1-3-5-12)17-15-7-13-6-14(9-15)10-16(17)8-13/h1-5,13-17H,6-11H2. The predicted octanol–water partition coefficient (Wildman–Crippen LogP) is 3.80. The average molecular weight is 270 g/mol. The highest BCUT2D eigenvalue weighted by molar-refractivity contribution is 5.73. The molecule has 0 unspecified atom stereocenters. The van der Waals surface area contributed by atoms with Crippen LogP contribution in [-0.4, -0.2) is 5.97 Å². The fourth-order valence-electron chi connectivity index (χ4n) is 5.13. The molecule has 0 aliphatic heterocycles. The van der Waals surface area contributed by atoms with E-state index in [2.05, 4.69) is 0 Å². The molecule has 4 bridgehead atoms. The number of carbonyl (C=O) groups excluding carboxylic acids is 1. The molecular formula is C18H22O2. The number of benzene rings is 1. The molecule has 2 nitrogen and oxygen atoms in total. The van der Waals surface area contributed by atoms with Crippen LogP contribution in [0.15, 0.2) is 30.3 Å². The highest BCUT2D eigenvalue weighted by Crippen LogP contribution is 2.56. The van der Waals surface area contributed by atoms with Gasteiger partial charge in [-0.3, -0.25) is 4.79 Å². The maximum absolute atomic E-state index is 12.5. The molecule has 4 aliphatic carbocycles. The van der Waals surface area contributed by atoms with Gasteiger partial charge in [-0.25, -0.2) is 0 Å². The van der Waals surface area contributed by atoms with E-state index in [4.69, 9.17) is 4.74 Å². The van der Waals surface area contributed by atoms with Gasteiger partial charge in [-0.1, -0.05) is 30.3 Å². The highest BCUT2D eigenvalue weighted by atomic mass is 16.5. The highest BCUT2D eigenvalue weighted by Gasteiger charge is 2.51. The van der Waals surface area contributed by atoms with E-state index >= 15 is 0 Å². The van der Waals surface area contributed by atoms with Crippen molar-refractivity contribution < 1.29 is 9.53 Å². The predicted molar refractivity (Wildman–Crippen MR) is 76.8 cm³/mol. The van der Waals surface area contributed by atoms with Crippen molar-refractivity contribution in [3.63, 3.8) is 0 Å². The molecule has 1 aromatic carbocycles. The van der Waals surface area contributed by atoms with Crippen LogP contribution in [0.25, 0.3) is 0 Å². The largest absolute Gasteiger partial charge is 0.461 e. The first-order chi connectivity index (χ1) is 9.79. The van der Waals surface area contributed by atoms with Crippen LogP contribution in [0.3, 0.4) is 0 Å². The van der Waals surface area contributed by atoms with Crippen LogP contribution in [-0.2, 0) is 16.1 Å². The van der Waals surface area contributed by atoms with E-state index < -0.39 is 0 Å². The number of ether oxygens (including phenoxy) is 1. The molecule has 4 saturated carbocycles. The molecule has 20 heavy (non-hydrogen) atoms. The lowest BCUT2D eigenvalue weighted by Gasteiger charge is -2.53. The molecular weight excluding hydrogens is 248 g/mol. The Hall–Kier alpha value is -1.31. The SMILES string of the molecule is O=C(OCc1ccccc1)C1C2CC3CC(C2)CC1C3. The van der Waals surface area contributed by atoms with Gasteiger partial charge in [0.15, 0.2) is 0 Å². The second-order valence-electron chi connectivity index (χ2n) is 7.05. The lowest BCUT2D eigenvalue weighted by atomic mass is 9.52. The summed E-state index contributed by atoms with van der Waals surface area (Å²) in [5.41, 5.74) is 1.09. The maximum atomic E-state index is 12.5. The summed E-state index contributed by atoms with van der Waals surface area (Å²) in [6, 6.07) is 10.0. The fraction of sp³-hybridized carbons (Fsp3) is 0.611. The van der Waals surface area contributed by atoms with Crippen molar-refractivity contribution in [2.75, 3.05) is 0 Å². The molecule has 0 atom stereocenters. The van der Waals surface area contributed by atoms with Crippen LogP contribution in [0.1, 0.15) is 37.7 Å². The summed E-state index contributed by atoms with van der Waals surface area (Å²) < 4.78 is 5.62. The third kappa shape index (κ3) is 2.15. The van der Waals surface area contributed by atoms with Gasteiger partial charge in [0.2, 0.25) is 0 Å².